The molecule has 1 aromatic rings. The Morgan fingerprint density at radius 2 is 1.63 bits per heavy atom. The molecular weight excluding hydrogens is 305 g/mol. The first-order valence-electron chi connectivity index (χ1n) is 6.33. The van der Waals surface area contributed by atoms with E-state index in [2.05, 4.69) is 0 Å². The lowest BCUT2D eigenvalue weighted by atomic mass is 10.1. The van der Waals surface area contributed by atoms with Crippen molar-refractivity contribution in [2.24, 2.45) is 0 Å². The minimum atomic E-state index is -3.75. The molecule has 0 aromatic heterocycles. The first kappa shape index (κ1) is 15.1. The number of benzene rings is 1. The Labute approximate surface area is 124 Å². The van der Waals surface area contributed by atoms with Crippen LogP contribution in [0.25, 0.3) is 0 Å². The van der Waals surface area contributed by atoms with E-state index in [-0.39, 0.29) is 11.4 Å². The van der Waals surface area contributed by atoms with Crippen LogP contribution in [0.4, 0.5) is 0 Å². The quantitative estimate of drug-likeness (QED) is 0.800. The number of alkyl halides is 2. The highest BCUT2D eigenvalue weighted by atomic mass is 35.5. The zero-order valence-electron chi connectivity index (χ0n) is 10.6. The van der Waals surface area contributed by atoms with Gasteiger partial charge in [0.25, 0.3) is 0 Å². The average Bonchev–Trinajstić information content (AvgIpc) is 2.40. The first-order chi connectivity index (χ1) is 8.93. The van der Waals surface area contributed by atoms with Crippen molar-refractivity contribution in [1.82, 2.24) is 4.90 Å². The van der Waals surface area contributed by atoms with Crippen molar-refractivity contribution in [3.63, 3.8) is 0 Å². The van der Waals surface area contributed by atoms with E-state index < -0.39 is 13.5 Å². The summed E-state index contributed by atoms with van der Waals surface area (Å²) < 4.78 is 23.1. The summed E-state index contributed by atoms with van der Waals surface area (Å²) in [6.07, 6.45) is 3.31. The molecule has 0 unspecified atom stereocenters. The number of sulfone groups is 1. The van der Waals surface area contributed by atoms with Crippen LogP contribution in [-0.4, -0.2) is 36.6 Å². The smallest absolute Gasteiger partial charge is 0.234 e. The number of hydrogen-bond donors (Lipinski definition) is 0. The van der Waals surface area contributed by atoms with E-state index in [1.54, 1.807) is 18.2 Å². The van der Waals surface area contributed by atoms with Crippen LogP contribution in [0.15, 0.2) is 35.2 Å². The molecule has 19 heavy (non-hydrogen) atoms. The van der Waals surface area contributed by atoms with Crippen LogP contribution in [0.1, 0.15) is 19.3 Å². The normalized spacial score (nSPS) is 18.4. The lowest BCUT2D eigenvalue weighted by Gasteiger charge is -2.31. The van der Waals surface area contributed by atoms with E-state index in [1.807, 2.05) is 4.90 Å². The zero-order chi connectivity index (χ0) is 13.9. The third kappa shape index (κ3) is 3.43. The van der Waals surface area contributed by atoms with Crippen molar-refractivity contribution in [3.05, 3.63) is 30.3 Å². The zero-order valence-corrected chi connectivity index (χ0v) is 12.9. The molecule has 0 bridgehead atoms. The van der Waals surface area contributed by atoms with Crippen LogP contribution in [0.2, 0.25) is 0 Å². The van der Waals surface area contributed by atoms with Gasteiger partial charge in [-0.05, 0) is 38.1 Å². The molecule has 2 rings (SSSR count). The van der Waals surface area contributed by atoms with Crippen LogP contribution in [0.5, 0.6) is 0 Å². The van der Waals surface area contributed by atoms with Crippen LogP contribution >= 0.6 is 23.2 Å². The predicted octanol–water partition coefficient (Wildman–Crippen LogP) is 3.08. The third-order valence-corrected chi connectivity index (χ3v) is 6.57. The van der Waals surface area contributed by atoms with Crippen LogP contribution in [-0.2, 0) is 9.84 Å². The molecule has 0 amide bonds. The molecule has 1 fully saturated rings. The Kier molecular flexibility index (Phi) is 4.77. The fourth-order valence-corrected chi connectivity index (χ4v) is 4.32. The second kappa shape index (κ2) is 6.00. The van der Waals surface area contributed by atoms with E-state index in [4.69, 9.17) is 23.2 Å². The van der Waals surface area contributed by atoms with Gasteiger partial charge in [0.05, 0.1) is 4.90 Å². The van der Waals surface area contributed by atoms with Crippen molar-refractivity contribution < 1.29 is 8.42 Å². The second-order valence-electron chi connectivity index (χ2n) is 4.79. The van der Waals surface area contributed by atoms with E-state index >= 15 is 0 Å². The van der Waals surface area contributed by atoms with Gasteiger partial charge in [0.2, 0.25) is 13.5 Å². The van der Waals surface area contributed by atoms with Crippen molar-refractivity contribution in [2.45, 2.75) is 27.8 Å². The largest absolute Gasteiger partial charge is 0.299 e. The van der Waals surface area contributed by atoms with Gasteiger partial charge in [0.15, 0.2) is 0 Å². The molecule has 0 N–H and O–H groups in total. The molecule has 0 atom stereocenters. The van der Waals surface area contributed by atoms with Crippen LogP contribution in [0.3, 0.4) is 0 Å². The van der Waals surface area contributed by atoms with Crippen molar-refractivity contribution >= 4 is 33.0 Å². The van der Waals surface area contributed by atoms with Gasteiger partial charge in [-0.1, -0.05) is 47.8 Å². The molecule has 0 aliphatic carbocycles. The number of piperidine rings is 1. The molecule has 3 nitrogen and oxygen atoms in total. The highest BCUT2D eigenvalue weighted by Crippen LogP contribution is 2.35. The Balaban J connectivity index is 2.18. The summed E-state index contributed by atoms with van der Waals surface area (Å²) in [6.45, 7) is 1.85. The molecule has 1 heterocycles. The fourth-order valence-electron chi connectivity index (χ4n) is 2.23. The van der Waals surface area contributed by atoms with Crippen molar-refractivity contribution in [1.29, 1.82) is 0 Å². The maximum absolute atomic E-state index is 12.4. The van der Waals surface area contributed by atoms with Crippen molar-refractivity contribution in [3.8, 4) is 0 Å². The number of halogens is 2. The molecule has 1 aliphatic rings. The number of nitrogens with zero attached hydrogens (tertiary/aromatic N) is 1. The Morgan fingerprint density at radius 3 is 2.21 bits per heavy atom. The molecule has 6 heteroatoms. The number of rotatable bonds is 4. The summed E-state index contributed by atoms with van der Waals surface area (Å²) in [7, 11) is -3.75. The lowest BCUT2D eigenvalue weighted by molar-refractivity contribution is 0.232. The summed E-state index contributed by atoms with van der Waals surface area (Å²) in [5.41, 5.74) is 0. The van der Waals surface area contributed by atoms with E-state index in [9.17, 15) is 8.42 Å². The summed E-state index contributed by atoms with van der Waals surface area (Å²) in [4.78, 5) is 2.18. The minimum absolute atomic E-state index is 0.146. The van der Waals surface area contributed by atoms with Gasteiger partial charge in [-0.3, -0.25) is 4.90 Å². The van der Waals surface area contributed by atoms with Gasteiger partial charge in [0, 0.05) is 6.54 Å². The molecule has 0 radical (unpaired) electrons. The molecule has 1 aromatic carbocycles. The van der Waals surface area contributed by atoms with E-state index in [1.165, 1.54) is 18.6 Å². The standard InChI is InChI=1S/C13H17Cl2NO2S/c14-13(15,11-16-9-5-2-6-10-16)19(17,18)12-7-3-1-4-8-12/h1,3-4,7-8H,2,5-6,9-11H2. The fraction of sp³-hybridized carbons (Fsp3) is 0.538. The highest BCUT2D eigenvalue weighted by Gasteiger charge is 2.42. The Bertz CT molecular complexity index is 511. The molecular formula is C13H17Cl2NO2S. The van der Waals surface area contributed by atoms with Gasteiger partial charge in [-0.15, -0.1) is 0 Å². The second-order valence-corrected chi connectivity index (χ2v) is 8.90. The maximum atomic E-state index is 12.4. The minimum Gasteiger partial charge on any atom is -0.299 e. The maximum Gasteiger partial charge on any atom is 0.234 e. The molecule has 0 spiro atoms. The van der Waals surface area contributed by atoms with Gasteiger partial charge in [-0.25, -0.2) is 8.42 Å². The summed E-state index contributed by atoms with van der Waals surface area (Å²) in [6, 6.07) is 8.12. The van der Waals surface area contributed by atoms with E-state index in [0.29, 0.717) is 0 Å². The molecule has 0 saturated carbocycles. The molecule has 1 aliphatic heterocycles. The highest BCUT2D eigenvalue weighted by molar-refractivity contribution is 7.95. The molecule has 106 valence electrons. The van der Waals surface area contributed by atoms with Gasteiger partial charge >= 0.3 is 0 Å². The van der Waals surface area contributed by atoms with Crippen LogP contribution < -0.4 is 0 Å². The summed E-state index contributed by atoms with van der Waals surface area (Å²) >= 11 is 12.3. The predicted molar refractivity (Wildman–Crippen MR) is 78.4 cm³/mol. The number of likely N-dealkylation sites (tertiary alicyclic amines) is 1. The summed E-state index contributed by atoms with van der Waals surface area (Å²) in [5.74, 6) is 0. The average molecular weight is 322 g/mol. The lowest BCUT2D eigenvalue weighted by Crippen LogP contribution is -2.43. The van der Waals surface area contributed by atoms with Crippen molar-refractivity contribution in [2.75, 3.05) is 19.6 Å². The Morgan fingerprint density at radius 1 is 1.05 bits per heavy atom. The summed E-state index contributed by atoms with van der Waals surface area (Å²) in [5, 5.41) is 0. The third-order valence-electron chi connectivity index (χ3n) is 3.30. The van der Waals surface area contributed by atoms with Gasteiger partial charge in [-0.2, -0.15) is 0 Å². The number of hydrogen-bond acceptors (Lipinski definition) is 3. The first-order valence-corrected chi connectivity index (χ1v) is 8.57. The van der Waals surface area contributed by atoms with Crippen LogP contribution in [0, 0.1) is 0 Å². The SMILES string of the molecule is O=S(=O)(c1ccccc1)C(Cl)(Cl)CN1CCCCC1. The van der Waals surface area contributed by atoms with Gasteiger partial charge < -0.3 is 0 Å². The Hall–Kier alpha value is -0.290. The molecule has 1 saturated heterocycles. The van der Waals surface area contributed by atoms with Gasteiger partial charge in [0.1, 0.15) is 0 Å². The van der Waals surface area contributed by atoms with E-state index in [0.717, 1.165) is 25.9 Å². The monoisotopic (exact) mass is 321 g/mol. The topological polar surface area (TPSA) is 37.4 Å².